The first-order valence-corrected chi connectivity index (χ1v) is 13.8. The summed E-state index contributed by atoms with van der Waals surface area (Å²) in [7, 11) is 0. The number of hydrogen-bond acceptors (Lipinski definition) is 4. The quantitative estimate of drug-likeness (QED) is 0.202. The molecule has 6 rings (SSSR count). The van der Waals surface area contributed by atoms with Crippen molar-refractivity contribution in [2.75, 3.05) is 5.32 Å². The minimum atomic E-state index is -2.69. The zero-order chi connectivity index (χ0) is 29.6. The average molecular weight is 580 g/mol. The molecule has 0 atom stereocenters. The van der Waals surface area contributed by atoms with Gasteiger partial charge in [-0.3, -0.25) is 14.5 Å². The molecule has 1 aliphatic carbocycles. The minimum Gasteiger partial charge on any atom is -0.359 e. The lowest BCUT2D eigenvalue weighted by Crippen LogP contribution is -2.24. The number of aromatic amines is 1. The van der Waals surface area contributed by atoms with E-state index in [-0.39, 0.29) is 55.6 Å². The van der Waals surface area contributed by atoms with E-state index in [4.69, 9.17) is 0 Å². The molecule has 12 heteroatoms. The van der Waals surface area contributed by atoms with Crippen LogP contribution in [0.2, 0.25) is 0 Å². The molecule has 1 aliphatic rings. The number of amides is 1. The minimum absolute atomic E-state index is 0.127. The molecule has 5 aromatic rings. The maximum atomic E-state index is 14.9. The van der Waals surface area contributed by atoms with Crippen molar-refractivity contribution < 1.29 is 22.4 Å². The number of aromatic nitrogens is 6. The summed E-state index contributed by atoms with van der Waals surface area (Å²) in [6.45, 7) is 4.18. The molecule has 0 unspecified atom stereocenters. The first-order chi connectivity index (χ1) is 20.1. The molecule has 4 aromatic heterocycles. The van der Waals surface area contributed by atoms with E-state index in [9.17, 15) is 22.4 Å². The number of anilines is 1. The van der Waals surface area contributed by atoms with E-state index in [0.29, 0.717) is 33.3 Å². The molecular formula is C30H29F4N7O. The molecule has 1 fully saturated rings. The fraction of sp³-hybridized carbons (Fsp3) is 0.333. The number of carbonyl (C=O) groups excluding carboxylic acids is 1. The molecule has 0 radical (unpaired) electrons. The maximum absolute atomic E-state index is 14.9. The predicted octanol–water partition coefficient (Wildman–Crippen LogP) is 7.08. The van der Waals surface area contributed by atoms with Crippen molar-refractivity contribution in [3.05, 3.63) is 84.1 Å². The number of fused-ring (bicyclic) bond motifs is 1. The number of imidazole rings is 1. The number of carbonyl (C=O) groups is 1. The number of alkyl halides is 2. The van der Waals surface area contributed by atoms with Gasteiger partial charge >= 0.3 is 0 Å². The van der Waals surface area contributed by atoms with E-state index >= 15 is 0 Å². The second-order valence-corrected chi connectivity index (χ2v) is 11.1. The zero-order valence-electron chi connectivity index (χ0n) is 23.0. The molecule has 4 heterocycles. The molecule has 1 saturated carbocycles. The van der Waals surface area contributed by atoms with Gasteiger partial charge in [-0.05, 0) is 50.5 Å². The normalized spacial score (nSPS) is 15.5. The molecule has 8 nitrogen and oxygen atoms in total. The van der Waals surface area contributed by atoms with E-state index in [2.05, 4.69) is 25.4 Å². The summed E-state index contributed by atoms with van der Waals surface area (Å²) >= 11 is 0. The van der Waals surface area contributed by atoms with Crippen molar-refractivity contribution in [1.29, 1.82) is 0 Å². The van der Waals surface area contributed by atoms with Gasteiger partial charge in [-0.2, -0.15) is 5.10 Å². The lowest BCUT2D eigenvalue weighted by Gasteiger charge is -2.28. The second kappa shape index (κ2) is 10.7. The van der Waals surface area contributed by atoms with Crippen molar-refractivity contribution in [3.8, 4) is 11.1 Å². The number of rotatable bonds is 7. The van der Waals surface area contributed by atoms with E-state index in [1.807, 2.05) is 13.8 Å². The Kier molecular flexibility index (Phi) is 7.07. The van der Waals surface area contributed by atoms with Crippen LogP contribution in [0.25, 0.3) is 22.0 Å². The Balaban J connectivity index is 1.15. The summed E-state index contributed by atoms with van der Waals surface area (Å²) in [6, 6.07) is 4.52. The van der Waals surface area contributed by atoms with Crippen LogP contribution in [-0.2, 0) is 6.54 Å². The first kappa shape index (κ1) is 27.7. The number of benzene rings is 1. The highest BCUT2D eigenvalue weighted by Gasteiger charge is 2.36. The smallest absolute Gasteiger partial charge is 0.275 e. The third kappa shape index (κ3) is 5.53. The molecule has 218 valence electrons. The highest BCUT2D eigenvalue weighted by molar-refractivity contribution is 6.08. The Morgan fingerprint density at radius 3 is 2.60 bits per heavy atom. The Hall–Kier alpha value is -4.48. The number of halogens is 4. The Morgan fingerprint density at radius 2 is 1.88 bits per heavy atom. The SMILES string of the molecule is CC(C)n1cc(-c2cc3c(NC(=O)c4cn(Cc5cnc(C6CCC(F)(F)CC6)c(F)c5)cn4)c[nH]c3cc2F)cn1. The van der Waals surface area contributed by atoms with E-state index in [0.717, 1.165) is 0 Å². The van der Waals surface area contributed by atoms with Gasteiger partial charge < -0.3 is 14.9 Å². The third-order valence-electron chi connectivity index (χ3n) is 7.72. The van der Waals surface area contributed by atoms with Crippen LogP contribution in [0.3, 0.4) is 0 Å². The van der Waals surface area contributed by atoms with Gasteiger partial charge in [0.1, 0.15) is 17.3 Å². The van der Waals surface area contributed by atoms with Crippen LogP contribution < -0.4 is 5.32 Å². The number of nitrogens with zero attached hydrogens (tertiary/aromatic N) is 5. The lowest BCUT2D eigenvalue weighted by molar-refractivity contribution is -0.0387. The second-order valence-electron chi connectivity index (χ2n) is 11.1. The zero-order valence-corrected chi connectivity index (χ0v) is 23.0. The van der Waals surface area contributed by atoms with Crippen molar-refractivity contribution >= 4 is 22.5 Å². The van der Waals surface area contributed by atoms with Crippen molar-refractivity contribution in [1.82, 2.24) is 29.3 Å². The van der Waals surface area contributed by atoms with Gasteiger partial charge in [-0.15, -0.1) is 0 Å². The largest absolute Gasteiger partial charge is 0.359 e. The molecular weight excluding hydrogens is 550 g/mol. The van der Waals surface area contributed by atoms with Gasteiger partial charge in [-0.1, -0.05) is 0 Å². The van der Waals surface area contributed by atoms with Crippen LogP contribution in [0.15, 0.2) is 55.5 Å². The van der Waals surface area contributed by atoms with E-state index in [1.165, 1.54) is 30.9 Å². The topological polar surface area (TPSA) is 93.4 Å². The molecule has 1 aromatic carbocycles. The lowest BCUT2D eigenvalue weighted by atomic mass is 9.84. The molecule has 0 spiro atoms. The number of pyridine rings is 1. The summed E-state index contributed by atoms with van der Waals surface area (Å²) in [6.07, 6.45) is 9.36. The van der Waals surface area contributed by atoms with Crippen LogP contribution in [0, 0.1) is 11.6 Å². The predicted molar refractivity (Wildman–Crippen MR) is 149 cm³/mol. The van der Waals surface area contributed by atoms with Crippen LogP contribution in [0.4, 0.5) is 23.2 Å². The molecule has 1 amide bonds. The number of nitrogens with one attached hydrogen (secondary N) is 2. The van der Waals surface area contributed by atoms with Gasteiger partial charge in [-0.25, -0.2) is 22.5 Å². The fourth-order valence-electron chi connectivity index (χ4n) is 5.38. The summed E-state index contributed by atoms with van der Waals surface area (Å²) < 4.78 is 60.1. The van der Waals surface area contributed by atoms with Gasteiger partial charge in [0.2, 0.25) is 5.92 Å². The Labute approximate surface area is 238 Å². The summed E-state index contributed by atoms with van der Waals surface area (Å²) in [5.41, 5.74) is 2.88. The number of H-pyrrole nitrogens is 1. The monoisotopic (exact) mass is 579 g/mol. The van der Waals surface area contributed by atoms with Crippen molar-refractivity contribution in [2.45, 2.75) is 64.0 Å². The van der Waals surface area contributed by atoms with Crippen LogP contribution >= 0.6 is 0 Å². The highest BCUT2D eigenvalue weighted by atomic mass is 19.3. The molecule has 0 aliphatic heterocycles. The Morgan fingerprint density at radius 1 is 1.10 bits per heavy atom. The van der Waals surface area contributed by atoms with E-state index < -0.39 is 23.5 Å². The van der Waals surface area contributed by atoms with Gasteiger partial charge in [0.05, 0.1) is 36.0 Å². The standard InChI is InChI=1S/C30H29F4N7O/c1-17(2)41-14-20(11-38-41)21-8-22-25(9-23(21)31)35-12-26(22)39-29(42)27-15-40(16-37-27)13-18-7-24(32)28(36-10-18)19-3-5-30(33,34)6-4-19/h7-12,14-17,19,35H,3-6,13H2,1-2H3,(H,39,42). The average Bonchev–Trinajstić information content (AvgIpc) is 3.69. The summed E-state index contributed by atoms with van der Waals surface area (Å²) in [5, 5.41) is 7.74. The first-order valence-electron chi connectivity index (χ1n) is 13.8. The highest BCUT2D eigenvalue weighted by Crippen LogP contribution is 2.41. The van der Waals surface area contributed by atoms with Crippen LogP contribution in [0.5, 0.6) is 0 Å². The van der Waals surface area contributed by atoms with Gasteiger partial charge in [0.15, 0.2) is 0 Å². The van der Waals surface area contributed by atoms with Crippen molar-refractivity contribution in [2.24, 2.45) is 0 Å². The summed E-state index contributed by atoms with van der Waals surface area (Å²) in [5.74, 6) is -4.42. The maximum Gasteiger partial charge on any atom is 0.275 e. The fourth-order valence-corrected chi connectivity index (χ4v) is 5.38. The molecule has 2 N–H and O–H groups in total. The summed E-state index contributed by atoms with van der Waals surface area (Å²) in [4.78, 5) is 24.4. The van der Waals surface area contributed by atoms with Crippen molar-refractivity contribution in [3.63, 3.8) is 0 Å². The number of hydrogen-bond donors (Lipinski definition) is 2. The van der Waals surface area contributed by atoms with E-state index in [1.54, 1.807) is 33.9 Å². The Bertz CT molecular complexity index is 1760. The third-order valence-corrected chi connectivity index (χ3v) is 7.72. The van der Waals surface area contributed by atoms with Crippen LogP contribution in [0.1, 0.15) is 73.2 Å². The molecule has 0 saturated heterocycles. The molecule has 0 bridgehead atoms. The molecule has 42 heavy (non-hydrogen) atoms. The van der Waals surface area contributed by atoms with Gasteiger partial charge in [0.25, 0.3) is 5.91 Å². The van der Waals surface area contributed by atoms with Gasteiger partial charge in [0, 0.05) is 66.1 Å². The van der Waals surface area contributed by atoms with Crippen LogP contribution in [-0.4, -0.2) is 41.1 Å².